The lowest BCUT2D eigenvalue weighted by Gasteiger charge is -2.34. The first-order valence-corrected chi connectivity index (χ1v) is 4.10. The summed E-state index contributed by atoms with van der Waals surface area (Å²) in [6, 6.07) is 0.458. The topological polar surface area (TPSA) is 29.3 Å². The third kappa shape index (κ3) is 2.53. The molecular formula is C9H16N2. The molecule has 0 spiro atoms. The van der Waals surface area contributed by atoms with Gasteiger partial charge in [-0.3, -0.25) is 4.90 Å². The smallest absolute Gasteiger partial charge is 0.0596 e. The van der Waals surface area contributed by atoms with Crippen LogP contribution >= 0.6 is 0 Å². The first kappa shape index (κ1) is 8.58. The van der Waals surface area contributed by atoms with Gasteiger partial charge in [-0.2, -0.15) is 0 Å². The summed E-state index contributed by atoms with van der Waals surface area (Å²) in [5.41, 5.74) is 5.66. The lowest BCUT2D eigenvalue weighted by atomic mass is 9.81. The molecule has 1 rings (SSSR count). The molecule has 11 heavy (non-hydrogen) atoms. The summed E-state index contributed by atoms with van der Waals surface area (Å²) in [5, 5.41) is 0. The number of terminal acetylenes is 1. The van der Waals surface area contributed by atoms with E-state index in [-0.39, 0.29) is 0 Å². The molecule has 0 saturated heterocycles. The summed E-state index contributed by atoms with van der Waals surface area (Å²) in [4.78, 5) is 2.18. The van der Waals surface area contributed by atoms with Crippen molar-refractivity contribution in [1.29, 1.82) is 0 Å². The SMILES string of the molecule is C#CCN(C)CC1CC(N)C1. The highest BCUT2D eigenvalue weighted by molar-refractivity contribution is 4.90. The second-order valence-electron chi connectivity index (χ2n) is 3.50. The number of rotatable bonds is 3. The van der Waals surface area contributed by atoms with Gasteiger partial charge in [0.25, 0.3) is 0 Å². The molecule has 0 aromatic rings. The van der Waals surface area contributed by atoms with Gasteiger partial charge in [-0.1, -0.05) is 5.92 Å². The molecule has 0 bridgehead atoms. The van der Waals surface area contributed by atoms with Gasteiger partial charge in [-0.25, -0.2) is 0 Å². The number of hydrogen-bond donors (Lipinski definition) is 1. The minimum atomic E-state index is 0.458. The lowest BCUT2D eigenvalue weighted by molar-refractivity contribution is 0.193. The summed E-state index contributed by atoms with van der Waals surface area (Å²) >= 11 is 0. The average molecular weight is 152 g/mol. The zero-order valence-electron chi connectivity index (χ0n) is 7.09. The minimum Gasteiger partial charge on any atom is -0.328 e. The molecule has 0 aromatic carbocycles. The van der Waals surface area contributed by atoms with Gasteiger partial charge in [-0.05, 0) is 25.8 Å². The van der Waals surface area contributed by atoms with E-state index in [0.29, 0.717) is 6.04 Å². The standard InChI is InChI=1S/C9H16N2/c1-3-4-11(2)7-8-5-9(10)6-8/h1,8-9H,4-7,10H2,2H3. The van der Waals surface area contributed by atoms with Crippen LogP contribution in [0.1, 0.15) is 12.8 Å². The molecular weight excluding hydrogens is 136 g/mol. The van der Waals surface area contributed by atoms with Crippen LogP contribution in [0.5, 0.6) is 0 Å². The van der Waals surface area contributed by atoms with Crippen molar-refractivity contribution < 1.29 is 0 Å². The Bertz CT molecular complexity index is 153. The Morgan fingerprint density at radius 2 is 2.27 bits per heavy atom. The van der Waals surface area contributed by atoms with E-state index in [1.807, 2.05) is 0 Å². The zero-order chi connectivity index (χ0) is 8.27. The Balaban J connectivity index is 2.08. The largest absolute Gasteiger partial charge is 0.328 e. The maximum atomic E-state index is 5.66. The Morgan fingerprint density at radius 1 is 1.64 bits per heavy atom. The van der Waals surface area contributed by atoms with Crippen LogP contribution in [0.15, 0.2) is 0 Å². The Morgan fingerprint density at radius 3 is 2.73 bits per heavy atom. The predicted octanol–water partition coefficient (Wildman–Crippen LogP) is 0.289. The van der Waals surface area contributed by atoms with E-state index in [2.05, 4.69) is 17.9 Å². The highest BCUT2D eigenvalue weighted by Gasteiger charge is 2.26. The van der Waals surface area contributed by atoms with Crippen molar-refractivity contribution in [3.63, 3.8) is 0 Å². The Labute approximate surface area is 68.8 Å². The molecule has 1 fully saturated rings. The van der Waals surface area contributed by atoms with Gasteiger partial charge >= 0.3 is 0 Å². The molecule has 0 atom stereocenters. The van der Waals surface area contributed by atoms with Crippen LogP contribution in [0, 0.1) is 18.3 Å². The number of hydrogen-bond acceptors (Lipinski definition) is 2. The molecule has 0 aromatic heterocycles. The van der Waals surface area contributed by atoms with Crippen LogP contribution in [-0.4, -0.2) is 31.1 Å². The van der Waals surface area contributed by atoms with Crippen molar-refractivity contribution in [2.75, 3.05) is 20.1 Å². The summed E-state index contributed by atoms with van der Waals surface area (Å²) in [5.74, 6) is 3.42. The van der Waals surface area contributed by atoms with Crippen molar-refractivity contribution in [1.82, 2.24) is 4.90 Å². The lowest BCUT2D eigenvalue weighted by Crippen LogP contribution is -2.41. The van der Waals surface area contributed by atoms with E-state index < -0.39 is 0 Å². The Hall–Kier alpha value is -0.520. The van der Waals surface area contributed by atoms with Gasteiger partial charge in [0.1, 0.15) is 0 Å². The maximum Gasteiger partial charge on any atom is 0.0596 e. The zero-order valence-corrected chi connectivity index (χ0v) is 7.09. The van der Waals surface area contributed by atoms with Gasteiger partial charge in [0.15, 0.2) is 0 Å². The molecule has 2 N–H and O–H groups in total. The van der Waals surface area contributed by atoms with E-state index in [4.69, 9.17) is 12.2 Å². The molecule has 1 aliphatic rings. The third-order valence-corrected chi connectivity index (χ3v) is 2.20. The van der Waals surface area contributed by atoms with Gasteiger partial charge in [0, 0.05) is 12.6 Å². The van der Waals surface area contributed by atoms with Crippen molar-refractivity contribution in [2.24, 2.45) is 11.7 Å². The molecule has 62 valence electrons. The average Bonchev–Trinajstić information content (AvgIpc) is 1.85. The summed E-state index contributed by atoms with van der Waals surface area (Å²) in [6.45, 7) is 1.86. The first-order valence-electron chi connectivity index (χ1n) is 4.10. The van der Waals surface area contributed by atoms with Crippen LogP contribution in [-0.2, 0) is 0 Å². The quantitative estimate of drug-likeness (QED) is 0.589. The fourth-order valence-corrected chi connectivity index (χ4v) is 1.60. The highest BCUT2D eigenvalue weighted by Crippen LogP contribution is 2.25. The summed E-state index contributed by atoms with van der Waals surface area (Å²) < 4.78 is 0. The molecule has 0 aliphatic heterocycles. The van der Waals surface area contributed by atoms with Crippen molar-refractivity contribution in [3.05, 3.63) is 0 Å². The number of nitrogens with two attached hydrogens (primary N) is 1. The molecule has 0 heterocycles. The third-order valence-electron chi connectivity index (χ3n) is 2.20. The monoisotopic (exact) mass is 152 g/mol. The van der Waals surface area contributed by atoms with Crippen molar-refractivity contribution >= 4 is 0 Å². The van der Waals surface area contributed by atoms with Crippen LogP contribution < -0.4 is 5.73 Å². The van der Waals surface area contributed by atoms with Gasteiger partial charge in [-0.15, -0.1) is 6.42 Å². The van der Waals surface area contributed by atoms with Crippen LogP contribution in [0.2, 0.25) is 0 Å². The second-order valence-corrected chi connectivity index (χ2v) is 3.50. The van der Waals surface area contributed by atoms with Crippen LogP contribution in [0.4, 0.5) is 0 Å². The number of nitrogens with zero attached hydrogens (tertiary/aromatic N) is 1. The van der Waals surface area contributed by atoms with E-state index in [1.165, 1.54) is 12.8 Å². The van der Waals surface area contributed by atoms with E-state index in [1.54, 1.807) is 0 Å². The fourth-order valence-electron chi connectivity index (χ4n) is 1.60. The fraction of sp³-hybridized carbons (Fsp3) is 0.778. The normalized spacial score (nSPS) is 29.6. The molecule has 2 heteroatoms. The van der Waals surface area contributed by atoms with Gasteiger partial charge in [0.2, 0.25) is 0 Å². The molecule has 1 aliphatic carbocycles. The van der Waals surface area contributed by atoms with Crippen molar-refractivity contribution in [2.45, 2.75) is 18.9 Å². The van der Waals surface area contributed by atoms with Gasteiger partial charge in [0.05, 0.1) is 6.54 Å². The molecule has 0 amide bonds. The molecule has 0 radical (unpaired) electrons. The molecule has 1 saturated carbocycles. The second kappa shape index (κ2) is 3.75. The van der Waals surface area contributed by atoms with Crippen LogP contribution in [0.3, 0.4) is 0 Å². The predicted molar refractivity (Wildman–Crippen MR) is 47.0 cm³/mol. The molecule has 0 unspecified atom stereocenters. The van der Waals surface area contributed by atoms with E-state index in [9.17, 15) is 0 Å². The minimum absolute atomic E-state index is 0.458. The Kier molecular flexibility index (Phi) is 2.92. The molecule has 2 nitrogen and oxygen atoms in total. The summed E-state index contributed by atoms with van der Waals surface area (Å²) in [6.07, 6.45) is 7.53. The van der Waals surface area contributed by atoms with Crippen LogP contribution in [0.25, 0.3) is 0 Å². The summed E-state index contributed by atoms with van der Waals surface area (Å²) in [7, 11) is 2.06. The first-order chi connectivity index (χ1) is 5.22. The van der Waals surface area contributed by atoms with E-state index >= 15 is 0 Å². The maximum absolute atomic E-state index is 5.66. The van der Waals surface area contributed by atoms with Gasteiger partial charge < -0.3 is 5.73 Å². The van der Waals surface area contributed by atoms with Crippen molar-refractivity contribution in [3.8, 4) is 12.3 Å². The highest BCUT2D eigenvalue weighted by atomic mass is 15.1. The van der Waals surface area contributed by atoms with E-state index in [0.717, 1.165) is 19.0 Å².